The van der Waals surface area contributed by atoms with E-state index in [0.29, 0.717) is 0 Å². The summed E-state index contributed by atoms with van der Waals surface area (Å²) in [5, 5.41) is 4.43. The second-order valence-electron chi connectivity index (χ2n) is 17.1. The minimum Gasteiger partial charge on any atom is -0.456 e. The highest BCUT2D eigenvalue weighted by atomic mass is 16.3. The van der Waals surface area contributed by atoms with Gasteiger partial charge in [0, 0.05) is 32.8 Å². The third-order valence-electron chi connectivity index (χ3n) is 13.9. The molecule has 2 heterocycles. The molecular formula is C61H37NO2. The van der Waals surface area contributed by atoms with Crippen molar-refractivity contribution in [3.8, 4) is 44.5 Å². The predicted octanol–water partition coefficient (Wildman–Crippen LogP) is 16.6. The van der Waals surface area contributed by atoms with Crippen LogP contribution >= 0.6 is 0 Å². The van der Waals surface area contributed by atoms with Crippen LogP contribution in [0.25, 0.3) is 88.4 Å². The Hall–Kier alpha value is -8.40. The minimum atomic E-state index is -0.726. The molecule has 1 spiro atoms. The second-order valence-corrected chi connectivity index (χ2v) is 17.1. The fourth-order valence-corrected chi connectivity index (χ4v) is 11.3. The number of para-hydroxylation sites is 4. The molecule has 1 unspecified atom stereocenters. The van der Waals surface area contributed by atoms with Gasteiger partial charge >= 0.3 is 0 Å². The van der Waals surface area contributed by atoms with E-state index in [-0.39, 0.29) is 0 Å². The monoisotopic (exact) mass is 815 g/mol. The zero-order valence-corrected chi connectivity index (χ0v) is 34.6. The Morgan fingerprint density at radius 1 is 0.297 bits per heavy atom. The van der Waals surface area contributed by atoms with Gasteiger partial charge in [0.2, 0.25) is 0 Å². The topological polar surface area (TPSA) is 29.5 Å². The first-order valence-corrected chi connectivity index (χ1v) is 22.0. The van der Waals surface area contributed by atoms with E-state index < -0.39 is 5.41 Å². The summed E-state index contributed by atoms with van der Waals surface area (Å²) in [6, 6.07) is 81.8. The van der Waals surface area contributed by atoms with Crippen LogP contribution in [0, 0.1) is 0 Å². The SMILES string of the molecule is c1ccc(-c2ccccc2N(c2ccc3c(c2)C2(c4ccccc4-c4ccccc4-3)c3ccccc3-c3cc4c(cc32)oc2ccccc24)c2cccc3c2oc2ccccc23)cc1. The molecule has 64 heavy (non-hydrogen) atoms. The summed E-state index contributed by atoms with van der Waals surface area (Å²) in [6.07, 6.45) is 0. The van der Waals surface area contributed by atoms with Crippen LogP contribution in [-0.4, -0.2) is 0 Å². The largest absolute Gasteiger partial charge is 0.456 e. The molecular weight excluding hydrogens is 779 g/mol. The van der Waals surface area contributed by atoms with Crippen molar-refractivity contribution in [1.29, 1.82) is 0 Å². The zero-order valence-electron chi connectivity index (χ0n) is 34.6. The Kier molecular flexibility index (Phi) is 7.32. The van der Waals surface area contributed by atoms with Crippen LogP contribution in [0.5, 0.6) is 0 Å². The average molecular weight is 816 g/mol. The molecule has 3 nitrogen and oxygen atoms in total. The first-order valence-electron chi connectivity index (χ1n) is 22.0. The molecule has 14 rings (SSSR count). The van der Waals surface area contributed by atoms with Crippen LogP contribution in [0.3, 0.4) is 0 Å². The smallest absolute Gasteiger partial charge is 0.159 e. The van der Waals surface area contributed by atoms with Gasteiger partial charge < -0.3 is 13.7 Å². The quantitative estimate of drug-likeness (QED) is 0.177. The summed E-state index contributed by atoms with van der Waals surface area (Å²) in [4.78, 5) is 2.42. The van der Waals surface area contributed by atoms with Crippen molar-refractivity contribution in [2.75, 3.05) is 4.90 Å². The highest BCUT2D eigenvalue weighted by molar-refractivity contribution is 6.12. The number of rotatable bonds is 4. The molecule has 2 aliphatic carbocycles. The minimum absolute atomic E-state index is 0.726. The summed E-state index contributed by atoms with van der Waals surface area (Å²) in [5.74, 6) is 0. The first kappa shape index (κ1) is 35.2. The van der Waals surface area contributed by atoms with Crippen LogP contribution < -0.4 is 4.90 Å². The van der Waals surface area contributed by atoms with Crippen molar-refractivity contribution in [3.05, 3.63) is 247 Å². The lowest BCUT2D eigenvalue weighted by Crippen LogP contribution is -2.29. The lowest BCUT2D eigenvalue weighted by molar-refractivity contribution is 0.666. The lowest BCUT2D eigenvalue weighted by Gasteiger charge is -2.36. The Morgan fingerprint density at radius 3 is 1.58 bits per heavy atom. The number of furan rings is 2. The van der Waals surface area contributed by atoms with E-state index in [1.54, 1.807) is 0 Å². The average Bonchev–Trinajstić information content (AvgIpc) is 4.00. The zero-order chi connectivity index (χ0) is 41.9. The molecule has 12 aromatic rings. The van der Waals surface area contributed by atoms with Gasteiger partial charge in [-0.2, -0.15) is 0 Å². The number of nitrogens with zero attached hydrogens (tertiary/aromatic N) is 1. The Balaban J connectivity index is 1.14. The Morgan fingerprint density at radius 2 is 0.828 bits per heavy atom. The van der Waals surface area contributed by atoms with Crippen molar-refractivity contribution in [3.63, 3.8) is 0 Å². The van der Waals surface area contributed by atoms with Gasteiger partial charge in [0.25, 0.3) is 0 Å². The summed E-state index contributed by atoms with van der Waals surface area (Å²) < 4.78 is 13.6. The van der Waals surface area contributed by atoms with E-state index in [1.807, 2.05) is 6.07 Å². The van der Waals surface area contributed by atoms with Gasteiger partial charge in [-0.15, -0.1) is 0 Å². The fraction of sp³-hybridized carbons (Fsp3) is 0.0164. The third-order valence-corrected chi connectivity index (χ3v) is 13.9. The number of fused-ring (bicyclic) bond motifs is 18. The summed E-state index contributed by atoms with van der Waals surface area (Å²) in [5.41, 5.74) is 20.3. The van der Waals surface area contributed by atoms with Crippen molar-refractivity contribution in [1.82, 2.24) is 0 Å². The summed E-state index contributed by atoms with van der Waals surface area (Å²) in [6.45, 7) is 0. The van der Waals surface area contributed by atoms with E-state index in [1.165, 1.54) is 55.6 Å². The maximum Gasteiger partial charge on any atom is 0.159 e. The highest BCUT2D eigenvalue weighted by Crippen LogP contribution is 2.63. The van der Waals surface area contributed by atoms with Gasteiger partial charge in [0.15, 0.2) is 5.58 Å². The molecule has 0 N–H and O–H groups in total. The van der Waals surface area contributed by atoms with Crippen LogP contribution in [-0.2, 0) is 5.41 Å². The highest BCUT2D eigenvalue weighted by Gasteiger charge is 2.50. The van der Waals surface area contributed by atoms with E-state index in [4.69, 9.17) is 8.83 Å². The summed E-state index contributed by atoms with van der Waals surface area (Å²) in [7, 11) is 0. The van der Waals surface area contributed by atoms with E-state index >= 15 is 0 Å². The van der Waals surface area contributed by atoms with Gasteiger partial charge in [-0.1, -0.05) is 176 Å². The van der Waals surface area contributed by atoms with Crippen LogP contribution in [0.2, 0.25) is 0 Å². The number of hydrogen-bond acceptors (Lipinski definition) is 3. The molecule has 0 fully saturated rings. The first-order chi connectivity index (χ1) is 31.8. The van der Waals surface area contributed by atoms with Gasteiger partial charge in [-0.25, -0.2) is 0 Å². The number of hydrogen-bond donors (Lipinski definition) is 0. The molecule has 1 atom stereocenters. The molecule has 2 aromatic heterocycles. The maximum absolute atomic E-state index is 6.88. The van der Waals surface area contributed by atoms with Crippen molar-refractivity contribution in [2.24, 2.45) is 0 Å². The number of benzene rings is 10. The van der Waals surface area contributed by atoms with Crippen molar-refractivity contribution >= 4 is 60.9 Å². The maximum atomic E-state index is 6.88. The van der Waals surface area contributed by atoms with Crippen molar-refractivity contribution < 1.29 is 8.83 Å². The molecule has 0 radical (unpaired) electrons. The van der Waals surface area contributed by atoms with Gasteiger partial charge in [-0.05, 0) is 110 Å². The third kappa shape index (κ3) is 4.76. The molecule has 0 amide bonds. The Bertz CT molecular complexity index is 3870. The molecule has 0 aliphatic heterocycles. The predicted molar refractivity (Wildman–Crippen MR) is 263 cm³/mol. The lowest BCUT2D eigenvalue weighted by atomic mass is 9.65. The number of anilines is 3. The molecule has 298 valence electrons. The molecule has 3 heteroatoms. The van der Waals surface area contributed by atoms with Crippen LogP contribution in [0.4, 0.5) is 17.1 Å². The molecule has 0 bridgehead atoms. The Labute approximate surface area is 369 Å². The van der Waals surface area contributed by atoms with Crippen LogP contribution in [0.1, 0.15) is 22.3 Å². The molecule has 0 saturated heterocycles. The van der Waals surface area contributed by atoms with Crippen LogP contribution in [0.15, 0.2) is 233 Å². The van der Waals surface area contributed by atoms with E-state index in [9.17, 15) is 0 Å². The second kappa shape index (κ2) is 13.3. The summed E-state index contributed by atoms with van der Waals surface area (Å²) >= 11 is 0. The van der Waals surface area contributed by atoms with Gasteiger partial charge in [0.1, 0.15) is 16.7 Å². The fourth-order valence-electron chi connectivity index (χ4n) is 11.3. The molecule has 0 saturated carbocycles. The standard InChI is InChI=1S/C61H37NO2/c1-2-17-38(18-3-1)40-19-8-13-29-55(40)62(56-30-16-26-48-46-24-9-15-32-58(46)64-60(48)56)39-33-34-45-42-21-5-4-20-41(42)43-22-6-11-27-51(43)61(53(45)35-39)52-28-12-7-23-44(52)49-36-50-47-25-10-14-31-57(47)63-59(50)37-54(49)61/h1-37H. The normalized spacial score (nSPS) is 14.6. The van der Waals surface area contributed by atoms with Gasteiger partial charge in [-0.3, -0.25) is 0 Å². The molecule has 2 aliphatic rings. The van der Waals surface area contributed by atoms with E-state index in [2.05, 4.69) is 223 Å². The van der Waals surface area contributed by atoms with Crippen molar-refractivity contribution in [2.45, 2.75) is 5.41 Å². The van der Waals surface area contributed by atoms with E-state index in [0.717, 1.165) is 72.1 Å². The molecule has 10 aromatic carbocycles. The van der Waals surface area contributed by atoms with Gasteiger partial charge in [0.05, 0.1) is 16.8 Å².